The number of anilines is 1. The summed E-state index contributed by atoms with van der Waals surface area (Å²) in [6.07, 6.45) is 4.62. The number of carbonyl (C=O) groups is 1. The first-order chi connectivity index (χ1) is 8.63. The molecule has 2 fully saturated rings. The number of fused-ring (bicyclic) bond motifs is 2. The quantitative estimate of drug-likeness (QED) is 0.908. The maximum atomic E-state index is 10.8. The van der Waals surface area contributed by atoms with Crippen molar-refractivity contribution in [1.29, 1.82) is 0 Å². The van der Waals surface area contributed by atoms with E-state index >= 15 is 0 Å². The Morgan fingerprint density at radius 1 is 1.39 bits per heavy atom. The van der Waals surface area contributed by atoms with Crippen molar-refractivity contribution in [1.82, 2.24) is 10.2 Å². The van der Waals surface area contributed by atoms with Gasteiger partial charge >= 0.3 is 5.97 Å². The van der Waals surface area contributed by atoms with Gasteiger partial charge in [0.1, 0.15) is 5.01 Å². The number of carboxylic acid groups (broad SMARTS) is 1. The predicted octanol–water partition coefficient (Wildman–Crippen LogP) is 2.07. The summed E-state index contributed by atoms with van der Waals surface area (Å²) in [5.41, 5.74) is 0. The molecule has 2 unspecified atom stereocenters. The van der Waals surface area contributed by atoms with E-state index in [4.69, 9.17) is 5.11 Å². The molecule has 1 N–H and O–H groups in total. The van der Waals surface area contributed by atoms with Crippen molar-refractivity contribution in [2.75, 3.05) is 4.90 Å². The van der Waals surface area contributed by atoms with Crippen LogP contribution in [0.4, 0.5) is 5.13 Å². The highest BCUT2D eigenvalue weighted by Crippen LogP contribution is 2.43. The van der Waals surface area contributed by atoms with E-state index in [9.17, 15) is 4.79 Å². The molecule has 2 atom stereocenters. The van der Waals surface area contributed by atoms with Crippen LogP contribution in [0, 0.1) is 12.8 Å². The molecule has 0 amide bonds. The summed E-state index contributed by atoms with van der Waals surface area (Å²) in [5.74, 6) is -0.329. The van der Waals surface area contributed by atoms with Crippen LogP contribution in [-0.4, -0.2) is 33.4 Å². The van der Waals surface area contributed by atoms with Crippen LogP contribution in [0.25, 0.3) is 0 Å². The SMILES string of the molecule is Cc1nnc(N2C3CCC2CC(CC(=O)O)C3)s1. The smallest absolute Gasteiger partial charge is 0.303 e. The number of nitrogens with zero attached hydrogens (tertiary/aromatic N) is 3. The summed E-state index contributed by atoms with van der Waals surface area (Å²) in [5, 5.41) is 19.3. The Bertz CT molecular complexity index is 448. The molecular formula is C12H17N3O2S. The van der Waals surface area contributed by atoms with E-state index in [-0.39, 0.29) is 0 Å². The number of aryl methyl sites for hydroxylation is 1. The lowest BCUT2D eigenvalue weighted by Gasteiger charge is -2.38. The van der Waals surface area contributed by atoms with E-state index in [0.717, 1.165) is 23.0 Å². The number of aromatic nitrogens is 2. The number of aliphatic carboxylic acids is 1. The van der Waals surface area contributed by atoms with Gasteiger partial charge in [-0.2, -0.15) is 0 Å². The van der Waals surface area contributed by atoms with Gasteiger partial charge in [0.05, 0.1) is 0 Å². The molecule has 2 aliphatic heterocycles. The standard InChI is InChI=1S/C12H17N3O2S/c1-7-13-14-12(18-7)15-9-2-3-10(15)5-8(4-9)6-11(16)17/h8-10H,2-6H2,1H3,(H,16,17). The first-order valence-corrected chi connectivity index (χ1v) is 7.25. The fourth-order valence-corrected chi connectivity index (χ4v) is 4.24. The zero-order valence-corrected chi connectivity index (χ0v) is 11.2. The lowest BCUT2D eigenvalue weighted by molar-refractivity contribution is -0.138. The van der Waals surface area contributed by atoms with Crippen LogP contribution in [0.2, 0.25) is 0 Å². The average Bonchev–Trinajstić information content (AvgIpc) is 2.80. The van der Waals surface area contributed by atoms with Crippen LogP contribution in [0.15, 0.2) is 0 Å². The summed E-state index contributed by atoms with van der Waals surface area (Å²) in [6, 6.07) is 0.945. The molecule has 18 heavy (non-hydrogen) atoms. The Morgan fingerprint density at radius 2 is 2.06 bits per heavy atom. The Balaban J connectivity index is 1.75. The van der Waals surface area contributed by atoms with Crippen LogP contribution in [0.1, 0.15) is 37.1 Å². The molecule has 2 saturated heterocycles. The van der Waals surface area contributed by atoms with Crippen molar-refractivity contribution >= 4 is 22.4 Å². The van der Waals surface area contributed by atoms with Crippen molar-refractivity contribution < 1.29 is 9.90 Å². The third-order valence-corrected chi connectivity index (χ3v) is 4.88. The first kappa shape index (κ1) is 11.9. The van der Waals surface area contributed by atoms with Gasteiger partial charge in [-0.15, -0.1) is 10.2 Å². The molecule has 1 aromatic heterocycles. The fraction of sp³-hybridized carbons (Fsp3) is 0.750. The number of hydrogen-bond acceptors (Lipinski definition) is 5. The van der Waals surface area contributed by atoms with Crippen molar-refractivity contribution in [2.24, 2.45) is 5.92 Å². The Kier molecular flexibility index (Phi) is 2.97. The van der Waals surface area contributed by atoms with Crippen LogP contribution >= 0.6 is 11.3 Å². The van der Waals surface area contributed by atoms with E-state index in [0.29, 0.717) is 24.4 Å². The second-order valence-electron chi connectivity index (χ2n) is 5.33. The number of rotatable bonds is 3. The van der Waals surface area contributed by atoms with Gasteiger partial charge in [0, 0.05) is 18.5 Å². The first-order valence-electron chi connectivity index (χ1n) is 6.43. The van der Waals surface area contributed by atoms with E-state index in [1.54, 1.807) is 11.3 Å². The van der Waals surface area contributed by atoms with Crippen LogP contribution in [0.3, 0.4) is 0 Å². The lowest BCUT2D eigenvalue weighted by atomic mass is 9.88. The van der Waals surface area contributed by atoms with Crippen molar-refractivity contribution in [3.05, 3.63) is 5.01 Å². The third-order valence-electron chi connectivity index (χ3n) is 4.03. The largest absolute Gasteiger partial charge is 0.481 e. The zero-order chi connectivity index (χ0) is 12.7. The molecule has 2 bridgehead atoms. The Morgan fingerprint density at radius 3 is 2.56 bits per heavy atom. The van der Waals surface area contributed by atoms with Crippen LogP contribution in [-0.2, 0) is 4.79 Å². The highest BCUT2D eigenvalue weighted by Gasteiger charge is 2.42. The molecule has 5 nitrogen and oxygen atoms in total. The normalized spacial score (nSPS) is 30.7. The van der Waals surface area contributed by atoms with Gasteiger partial charge in [-0.3, -0.25) is 4.79 Å². The maximum Gasteiger partial charge on any atom is 0.303 e. The fourth-order valence-electron chi connectivity index (χ4n) is 3.41. The minimum Gasteiger partial charge on any atom is -0.481 e. The van der Waals surface area contributed by atoms with E-state index in [1.807, 2.05) is 6.92 Å². The second-order valence-corrected chi connectivity index (χ2v) is 6.49. The van der Waals surface area contributed by atoms with Gasteiger partial charge in [-0.05, 0) is 38.5 Å². The Hall–Kier alpha value is -1.17. The predicted molar refractivity (Wildman–Crippen MR) is 68.9 cm³/mol. The van der Waals surface area contributed by atoms with E-state index in [1.165, 1.54) is 12.8 Å². The van der Waals surface area contributed by atoms with Gasteiger partial charge in [-0.1, -0.05) is 11.3 Å². The molecule has 2 aliphatic rings. The van der Waals surface area contributed by atoms with E-state index < -0.39 is 5.97 Å². The molecule has 0 aliphatic carbocycles. The highest BCUT2D eigenvalue weighted by molar-refractivity contribution is 7.15. The van der Waals surface area contributed by atoms with Crippen molar-refractivity contribution in [2.45, 2.75) is 51.1 Å². The summed E-state index contributed by atoms with van der Waals surface area (Å²) in [6.45, 7) is 1.97. The molecule has 3 heterocycles. The second kappa shape index (κ2) is 4.50. The summed E-state index contributed by atoms with van der Waals surface area (Å²) < 4.78 is 0. The molecule has 6 heteroatoms. The average molecular weight is 267 g/mol. The number of carboxylic acids is 1. The molecule has 98 valence electrons. The minimum atomic E-state index is -0.667. The molecule has 0 aromatic carbocycles. The van der Waals surface area contributed by atoms with Gasteiger partial charge in [0.2, 0.25) is 5.13 Å². The number of hydrogen-bond donors (Lipinski definition) is 1. The molecular weight excluding hydrogens is 250 g/mol. The van der Waals surface area contributed by atoms with Crippen LogP contribution in [0.5, 0.6) is 0 Å². The molecule has 1 aromatic rings. The lowest BCUT2D eigenvalue weighted by Crippen LogP contribution is -2.43. The van der Waals surface area contributed by atoms with Gasteiger partial charge in [0.15, 0.2) is 0 Å². The minimum absolute atomic E-state index is 0.315. The zero-order valence-electron chi connectivity index (χ0n) is 10.4. The molecule has 0 spiro atoms. The Labute approximate surface area is 110 Å². The van der Waals surface area contributed by atoms with Crippen molar-refractivity contribution in [3.63, 3.8) is 0 Å². The molecule has 0 radical (unpaired) electrons. The third kappa shape index (κ3) is 2.09. The van der Waals surface area contributed by atoms with E-state index in [2.05, 4.69) is 15.1 Å². The van der Waals surface area contributed by atoms with Gasteiger partial charge in [0.25, 0.3) is 0 Å². The monoisotopic (exact) mass is 267 g/mol. The highest BCUT2D eigenvalue weighted by atomic mass is 32.1. The van der Waals surface area contributed by atoms with Crippen molar-refractivity contribution in [3.8, 4) is 0 Å². The number of piperidine rings is 1. The topological polar surface area (TPSA) is 66.3 Å². The molecule has 3 rings (SSSR count). The maximum absolute atomic E-state index is 10.8. The van der Waals surface area contributed by atoms with Gasteiger partial charge < -0.3 is 10.0 Å². The van der Waals surface area contributed by atoms with Crippen LogP contribution < -0.4 is 4.90 Å². The summed E-state index contributed by atoms with van der Waals surface area (Å²) in [4.78, 5) is 13.2. The summed E-state index contributed by atoms with van der Waals surface area (Å²) >= 11 is 1.64. The van der Waals surface area contributed by atoms with Gasteiger partial charge in [-0.25, -0.2) is 0 Å². The summed E-state index contributed by atoms with van der Waals surface area (Å²) in [7, 11) is 0. The molecule has 0 saturated carbocycles.